The summed E-state index contributed by atoms with van der Waals surface area (Å²) in [5.74, 6) is -1.02. The van der Waals surface area contributed by atoms with Gasteiger partial charge in [0.25, 0.3) is 10.0 Å². The number of sulfonamides is 1. The summed E-state index contributed by atoms with van der Waals surface area (Å²) in [6.45, 7) is 1.54. The van der Waals surface area contributed by atoms with Crippen LogP contribution in [0.15, 0.2) is 35.5 Å². The zero-order valence-electron chi connectivity index (χ0n) is 14.0. The molecule has 1 atom stereocenters. The predicted molar refractivity (Wildman–Crippen MR) is 93.0 cm³/mol. The highest BCUT2D eigenvalue weighted by molar-refractivity contribution is 7.92. The molecule has 1 aromatic carbocycles. The maximum Gasteiger partial charge on any atom is 0.335 e. The van der Waals surface area contributed by atoms with Crippen molar-refractivity contribution in [1.82, 2.24) is 9.78 Å². The molecule has 3 heterocycles. The normalized spacial score (nSPS) is 20.2. The van der Waals surface area contributed by atoms with E-state index in [2.05, 4.69) is 5.10 Å². The number of benzene rings is 1. The zero-order chi connectivity index (χ0) is 18.3. The van der Waals surface area contributed by atoms with Gasteiger partial charge >= 0.3 is 5.97 Å². The van der Waals surface area contributed by atoms with Gasteiger partial charge in [0.2, 0.25) is 0 Å². The lowest BCUT2D eigenvalue weighted by Crippen LogP contribution is -2.35. The molecular formula is C17H19N3O5S. The summed E-state index contributed by atoms with van der Waals surface area (Å²) in [4.78, 5) is 11.3. The number of hydrogen-bond donors (Lipinski definition) is 1. The maximum absolute atomic E-state index is 13.1. The average molecular weight is 377 g/mol. The minimum atomic E-state index is -3.76. The molecule has 9 heteroatoms. The van der Waals surface area contributed by atoms with Gasteiger partial charge in [0.15, 0.2) is 0 Å². The van der Waals surface area contributed by atoms with Crippen LogP contribution in [0.2, 0.25) is 0 Å². The minimum Gasteiger partial charge on any atom is -0.478 e. The first-order chi connectivity index (χ1) is 12.5. The molecule has 0 spiro atoms. The van der Waals surface area contributed by atoms with Crippen molar-refractivity contribution in [2.24, 2.45) is 0 Å². The summed E-state index contributed by atoms with van der Waals surface area (Å²) >= 11 is 0. The molecule has 26 heavy (non-hydrogen) atoms. The third kappa shape index (κ3) is 2.86. The molecule has 8 nitrogen and oxygen atoms in total. The third-order valence-corrected chi connectivity index (χ3v) is 6.61. The van der Waals surface area contributed by atoms with Crippen LogP contribution in [0, 0.1) is 0 Å². The number of aryl methyl sites for hydroxylation is 1. The Kier molecular flexibility index (Phi) is 4.20. The fourth-order valence-electron chi connectivity index (χ4n) is 3.46. The standard InChI is InChI=1S/C17H19N3O5S/c21-17(22)13-3-4-16-12(8-13)2-1-6-20(16)26(23,24)15-9-18-19(10-15)14-5-7-25-11-14/h3-4,8-10,14H,1-2,5-7,11H2,(H,21,22). The van der Waals surface area contributed by atoms with Crippen molar-refractivity contribution in [2.75, 3.05) is 24.1 Å². The number of rotatable bonds is 4. The minimum absolute atomic E-state index is 0.0608. The Morgan fingerprint density at radius 2 is 2.19 bits per heavy atom. The van der Waals surface area contributed by atoms with E-state index < -0.39 is 16.0 Å². The van der Waals surface area contributed by atoms with Crippen LogP contribution in [0.5, 0.6) is 0 Å². The van der Waals surface area contributed by atoms with Crippen LogP contribution in [0.25, 0.3) is 0 Å². The lowest BCUT2D eigenvalue weighted by Gasteiger charge is -2.30. The highest BCUT2D eigenvalue weighted by atomic mass is 32.2. The molecule has 1 fully saturated rings. The number of aromatic carboxylic acids is 1. The number of hydrogen-bond acceptors (Lipinski definition) is 5. The zero-order valence-corrected chi connectivity index (χ0v) is 14.9. The van der Waals surface area contributed by atoms with Gasteiger partial charge in [-0.2, -0.15) is 5.10 Å². The topological polar surface area (TPSA) is 102 Å². The molecule has 1 N–H and O–H groups in total. The molecule has 0 saturated carbocycles. The number of anilines is 1. The van der Waals surface area contributed by atoms with E-state index in [9.17, 15) is 13.2 Å². The van der Waals surface area contributed by atoms with E-state index in [0.29, 0.717) is 38.3 Å². The van der Waals surface area contributed by atoms with Crippen LogP contribution in [-0.2, 0) is 21.2 Å². The van der Waals surface area contributed by atoms with E-state index in [1.54, 1.807) is 23.0 Å². The molecule has 0 amide bonds. The molecule has 0 aliphatic carbocycles. The fourth-order valence-corrected chi connectivity index (χ4v) is 4.94. The molecule has 2 aliphatic rings. The monoisotopic (exact) mass is 377 g/mol. The van der Waals surface area contributed by atoms with Gasteiger partial charge in [-0.25, -0.2) is 13.2 Å². The first-order valence-corrected chi connectivity index (χ1v) is 9.92. The van der Waals surface area contributed by atoms with Crippen LogP contribution in [0.4, 0.5) is 5.69 Å². The number of carboxylic acids is 1. The van der Waals surface area contributed by atoms with Gasteiger partial charge in [-0.3, -0.25) is 8.99 Å². The smallest absolute Gasteiger partial charge is 0.335 e. The van der Waals surface area contributed by atoms with Crippen LogP contribution in [0.1, 0.15) is 34.8 Å². The molecule has 0 radical (unpaired) electrons. The van der Waals surface area contributed by atoms with Gasteiger partial charge in [-0.15, -0.1) is 0 Å². The van der Waals surface area contributed by atoms with Crippen LogP contribution < -0.4 is 4.31 Å². The second kappa shape index (κ2) is 6.40. The van der Waals surface area contributed by atoms with Gasteiger partial charge in [-0.1, -0.05) is 0 Å². The summed E-state index contributed by atoms with van der Waals surface area (Å²) in [5.41, 5.74) is 1.44. The molecule has 138 valence electrons. The van der Waals surface area contributed by atoms with Gasteiger partial charge in [-0.05, 0) is 43.0 Å². The van der Waals surface area contributed by atoms with Gasteiger partial charge in [0.1, 0.15) is 4.90 Å². The molecule has 1 saturated heterocycles. The van der Waals surface area contributed by atoms with Crippen molar-refractivity contribution in [3.63, 3.8) is 0 Å². The largest absolute Gasteiger partial charge is 0.478 e. The fraction of sp³-hybridized carbons (Fsp3) is 0.412. The second-order valence-corrected chi connectivity index (χ2v) is 8.37. The average Bonchev–Trinajstić information content (AvgIpc) is 3.31. The molecule has 1 unspecified atom stereocenters. The quantitative estimate of drug-likeness (QED) is 0.870. The summed E-state index contributed by atoms with van der Waals surface area (Å²) in [7, 11) is -3.76. The number of carboxylic acid groups (broad SMARTS) is 1. The molecule has 2 aliphatic heterocycles. The van der Waals surface area contributed by atoms with Crippen molar-refractivity contribution in [2.45, 2.75) is 30.2 Å². The van der Waals surface area contributed by atoms with Crippen LogP contribution >= 0.6 is 0 Å². The molecule has 0 bridgehead atoms. The van der Waals surface area contributed by atoms with E-state index in [1.807, 2.05) is 0 Å². The second-order valence-electron chi connectivity index (χ2n) is 6.50. The third-order valence-electron chi connectivity index (χ3n) is 4.85. The Balaban J connectivity index is 1.68. The SMILES string of the molecule is O=C(O)c1ccc2c(c1)CCCN2S(=O)(=O)c1cnn(C2CCOC2)c1. The Hall–Kier alpha value is -2.39. The van der Waals surface area contributed by atoms with Crippen molar-refractivity contribution >= 4 is 21.7 Å². The highest BCUT2D eigenvalue weighted by Crippen LogP contribution is 2.33. The van der Waals surface area contributed by atoms with E-state index >= 15 is 0 Å². The van der Waals surface area contributed by atoms with Gasteiger partial charge in [0, 0.05) is 19.3 Å². The number of aromatic nitrogens is 2. The van der Waals surface area contributed by atoms with Crippen LogP contribution in [0.3, 0.4) is 0 Å². The highest BCUT2D eigenvalue weighted by Gasteiger charge is 2.31. The lowest BCUT2D eigenvalue weighted by atomic mass is 10.0. The predicted octanol–water partition coefficient (Wildman–Crippen LogP) is 1.68. The molecule has 4 rings (SSSR count). The van der Waals surface area contributed by atoms with Crippen molar-refractivity contribution in [3.05, 3.63) is 41.7 Å². The number of nitrogens with zero attached hydrogens (tertiary/aromatic N) is 3. The first-order valence-electron chi connectivity index (χ1n) is 8.47. The number of ether oxygens (including phenoxy) is 1. The summed E-state index contributed by atoms with van der Waals surface area (Å²) in [6, 6.07) is 4.63. The van der Waals surface area contributed by atoms with Gasteiger partial charge < -0.3 is 9.84 Å². The summed E-state index contributed by atoms with van der Waals surface area (Å²) in [5, 5.41) is 13.3. The van der Waals surface area contributed by atoms with Crippen molar-refractivity contribution in [1.29, 1.82) is 0 Å². The number of carbonyl (C=O) groups is 1. The summed E-state index contributed by atoms with van der Waals surface area (Å²) in [6.07, 6.45) is 5.02. The van der Waals surface area contributed by atoms with Crippen LogP contribution in [-0.4, -0.2) is 49.0 Å². The van der Waals surface area contributed by atoms with E-state index in [-0.39, 0.29) is 16.5 Å². The van der Waals surface area contributed by atoms with E-state index in [0.717, 1.165) is 12.0 Å². The first kappa shape index (κ1) is 17.0. The van der Waals surface area contributed by atoms with Gasteiger partial charge in [0.05, 0.1) is 30.1 Å². The Morgan fingerprint density at radius 3 is 2.92 bits per heavy atom. The lowest BCUT2D eigenvalue weighted by molar-refractivity contribution is 0.0696. The molecule has 1 aromatic heterocycles. The van der Waals surface area contributed by atoms with E-state index in [4.69, 9.17) is 9.84 Å². The molecule has 2 aromatic rings. The van der Waals surface area contributed by atoms with Crippen molar-refractivity contribution < 1.29 is 23.1 Å². The van der Waals surface area contributed by atoms with E-state index in [1.165, 1.54) is 16.6 Å². The summed E-state index contributed by atoms with van der Waals surface area (Å²) < 4.78 is 34.6. The number of fused-ring (bicyclic) bond motifs is 1. The Labute approximate surface area is 151 Å². The Bertz CT molecular complexity index is 947. The maximum atomic E-state index is 13.1. The molecular weight excluding hydrogens is 358 g/mol. The van der Waals surface area contributed by atoms with Crippen molar-refractivity contribution in [3.8, 4) is 0 Å². The Morgan fingerprint density at radius 1 is 1.35 bits per heavy atom.